The molecule has 1 aromatic heterocycles. The van der Waals surface area contributed by atoms with Crippen molar-refractivity contribution in [3.8, 4) is 10.6 Å². The summed E-state index contributed by atoms with van der Waals surface area (Å²) < 4.78 is 12.8. The van der Waals surface area contributed by atoms with E-state index in [4.69, 9.17) is 5.73 Å². The van der Waals surface area contributed by atoms with Crippen LogP contribution in [0.2, 0.25) is 0 Å². The molecule has 16 heavy (non-hydrogen) atoms. The number of rotatable bonds is 2. The van der Waals surface area contributed by atoms with Crippen molar-refractivity contribution in [2.75, 3.05) is 0 Å². The lowest BCUT2D eigenvalue weighted by Gasteiger charge is -2.14. The Balaban J connectivity index is 2.35. The summed E-state index contributed by atoms with van der Waals surface area (Å²) in [7, 11) is 0. The van der Waals surface area contributed by atoms with Gasteiger partial charge in [0.1, 0.15) is 10.8 Å². The maximum absolute atomic E-state index is 12.8. The topological polar surface area (TPSA) is 38.9 Å². The molecule has 0 aliphatic carbocycles. The number of halogens is 1. The molecule has 84 valence electrons. The smallest absolute Gasteiger partial charge is 0.123 e. The molecular weight excluding hydrogens is 223 g/mol. The van der Waals surface area contributed by atoms with Gasteiger partial charge >= 0.3 is 0 Å². The zero-order valence-electron chi connectivity index (χ0n) is 9.20. The number of hydrogen-bond donors (Lipinski definition) is 1. The van der Waals surface area contributed by atoms with Crippen molar-refractivity contribution < 1.29 is 4.39 Å². The zero-order chi connectivity index (χ0) is 11.8. The predicted octanol–water partition coefficient (Wildman–Crippen LogP) is 3.14. The Morgan fingerprint density at radius 2 is 1.88 bits per heavy atom. The molecule has 4 heteroatoms. The average molecular weight is 236 g/mol. The van der Waals surface area contributed by atoms with Crippen molar-refractivity contribution in [1.82, 2.24) is 4.98 Å². The summed E-state index contributed by atoms with van der Waals surface area (Å²) in [5.41, 5.74) is 7.30. The van der Waals surface area contributed by atoms with Crippen LogP contribution in [0.5, 0.6) is 0 Å². The number of hydrogen-bond acceptors (Lipinski definition) is 3. The minimum Gasteiger partial charge on any atom is -0.321 e. The van der Waals surface area contributed by atoms with Gasteiger partial charge in [0.15, 0.2) is 0 Å². The van der Waals surface area contributed by atoms with E-state index in [-0.39, 0.29) is 5.82 Å². The van der Waals surface area contributed by atoms with E-state index in [9.17, 15) is 4.39 Å². The lowest BCUT2D eigenvalue weighted by Crippen LogP contribution is -2.28. The molecule has 0 atom stereocenters. The highest BCUT2D eigenvalue weighted by Gasteiger charge is 2.18. The van der Waals surface area contributed by atoms with Crippen molar-refractivity contribution in [2.24, 2.45) is 5.73 Å². The number of nitrogens with two attached hydrogens (primary N) is 1. The first-order valence-electron chi connectivity index (χ1n) is 4.97. The highest BCUT2D eigenvalue weighted by atomic mass is 32.1. The van der Waals surface area contributed by atoms with E-state index in [1.165, 1.54) is 23.5 Å². The molecule has 0 radical (unpaired) electrons. The summed E-state index contributed by atoms with van der Waals surface area (Å²) in [6.07, 6.45) is 0. The molecule has 0 aliphatic heterocycles. The first-order valence-corrected chi connectivity index (χ1v) is 5.85. The molecular formula is C12H13FN2S. The first-order chi connectivity index (χ1) is 7.47. The Bertz CT molecular complexity index is 482. The monoisotopic (exact) mass is 236 g/mol. The summed E-state index contributed by atoms with van der Waals surface area (Å²) in [5, 5.41) is 2.81. The van der Waals surface area contributed by atoms with Crippen molar-refractivity contribution >= 4 is 11.3 Å². The second kappa shape index (κ2) is 3.96. The molecule has 2 nitrogen and oxygen atoms in total. The molecule has 2 N–H and O–H groups in total. The molecule has 0 bridgehead atoms. The fraction of sp³-hybridized carbons (Fsp3) is 0.250. The van der Waals surface area contributed by atoms with Crippen LogP contribution in [0.4, 0.5) is 4.39 Å². The van der Waals surface area contributed by atoms with Crippen LogP contribution in [-0.4, -0.2) is 4.98 Å². The predicted molar refractivity (Wildman–Crippen MR) is 64.7 cm³/mol. The highest BCUT2D eigenvalue weighted by molar-refractivity contribution is 7.13. The van der Waals surface area contributed by atoms with Crippen LogP contribution in [0.1, 0.15) is 19.5 Å². The van der Waals surface area contributed by atoms with Crippen LogP contribution in [0.3, 0.4) is 0 Å². The molecule has 1 heterocycles. The van der Waals surface area contributed by atoms with Gasteiger partial charge in [-0.15, -0.1) is 11.3 Å². The van der Waals surface area contributed by atoms with Crippen LogP contribution in [0.15, 0.2) is 29.6 Å². The molecule has 0 unspecified atom stereocenters. The van der Waals surface area contributed by atoms with Gasteiger partial charge in [-0.05, 0) is 38.1 Å². The van der Waals surface area contributed by atoms with E-state index in [1.807, 2.05) is 19.2 Å². The van der Waals surface area contributed by atoms with Gasteiger partial charge in [-0.3, -0.25) is 0 Å². The minimum atomic E-state index is -0.436. The molecule has 1 aromatic carbocycles. The Labute approximate surface area is 97.9 Å². The van der Waals surface area contributed by atoms with E-state index in [0.29, 0.717) is 0 Å². The Morgan fingerprint density at radius 3 is 2.38 bits per heavy atom. The molecule has 2 rings (SSSR count). The van der Waals surface area contributed by atoms with Crippen LogP contribution in [-0.2, 0) is 5.54 Å². The molecule has 0 amide bonds. The normalized spacial score (nSPS) is 11.8. The fourth-order valence-corrected chi connectivity index (χ4v) is 2.30. The second-order valence-electron chi connectivity index (χ2n) is 4.27. The fourth-order valence-electron chi connectivity index (χ4n) is 1.29. The maximum Gasteiger partial charge on any atom is 0.123 e. The van der Waals surface area contributed by atoms with Gasteiger partial charge in [0, 0.05) is 10.9 Å². The van der Waals surface area contributed by atoms with E-state index in [0.717, 1.165) is 16.3 Å². The molecule has 0 saturated carbocycles. The zero-order valence-corrected chi connectivity index (χ0v) is 10.0. The third kappa shape index (κ3) is 2.28. The van der Waals surface area contributed by atoms with Crippen LogP contribution in [0.25, 0.3) is 10.6 Å². The Hall–Kier alpha value is -1.26. The number of nitrogens with zero attached hydrogens (tertiary/aromatic N) is 1. The quantitative estimate of drug-likeness (QED) is 0.870. The van der Waals surface area contributed by atoms with Crippen molar-refractivity contribution in [1.29, 1.82) is 0 Å². The lowest BCUT2D eigenvalue weighted by molar-refractivity contribution is 0.539. The van der Waals surface area contributed by atoms with E-state index in [2.05, 4.69) is 4.98 Å². The Kier molecular flexibility index (Phi) is 2.78. The summed E-state index contributed by atoms with van der Waals surface area (Å²) in [4.78, 5) is 4.45. The largest absolute Gasteiger partial charge is 0.321 e. The number of thiazole rings is 1. The van der Waals surface area contributed by atoms with Crippen molar-refractivity contribution in [3.05, 3.63) is 41.2 Å². The van der Waals surface area contributed by atoms with Crippen LogP contribution in [0, 0.1) is 5.82 Å². The summed E-state index contributed by atoms with van der Waals surface area (Å²) in [6.45, 7) is 3.83. The number of aromatic nitrogens is 1. The van der Waals surface area contributed by atoms with Gasteiger partial charge in [-0.2, -0.15) is 0 Å². The van der Waals surface area contributed by atoms with E-state index < -0.39 is 5.54 Å². The first kappa shape index (κ1) is 11.2. The van der Waals surface area contributed by atoms with E-state index >= 15 is 0 Å². The molecule has 0 spiro atoms. The average Bonchev–Trinajstić information content (AvgIpc) is 2.67. The molecule has 0 aliphatic rings. The second-order valence-corrected chi connectivity index (χ2v) is 5.12. The van der Waals surface area contributed by atoms with Crippen molar-refractivity contribution in [3.63, 3.8) is 0 Å². The molecule has 2 aromatic rings. The van der Waals surface area contributed by atoms with Gasteiger partial charge in [0.05, 0.1) is 11.2 Å². The van der Waals surface area contributed by atoms with Crippen LogP contribution < -0.4 is 5.73 Å². The number of benzene rings is 1. The molecule has 0 fully saturated rings. The highest BCUT2D eigenvalue weighted by Crippen LogP contribution is 2.27. The van der Waals surface area contributed by atoms with Gasteiger partial charge < -0.3 is 5.73 Å². The van der Waals surface area contributed by atoms with Gasteiger partial charge in [-0.1, -0.05) is 0 Å². The third-order valence-electron chi connectivity index (χ3n) is 2.26. The lowest BCUT2D eigenvalue weighted by atomic mass is 10.0. The van der Waals surface area contributed by atoms with E-state index in [1.54, 1.807) is 12.1 Å². The minimum absolute atomic E-state index is 0.236. The van der Waals surface area contributed by atoms with Gasteiger partial charge in [0.2, 0.25) is 0 Å². The van der Waals surface area contributed by atoms with Gasteiger partial charge in [0.25, 0.3) is 0 Å². The Morgan fingerprint density at radius 1 is 1.25 bits per heavy atom. The summed E-state index contributed by atoms with van der Waals surface area (Å²) in [5.74, 6) is -0.236. The summed E-state index contributed by atoms with van der Waals surface area (Å²) in [6, 6.07) is 6.32. The summed E-state index contributed by atoms with van der Waals surface area (Å²) >= 11 is 1.52. The molecule has 0 saturated heterocycles. The van der Waals surface area contributed by atoms with Gasteiger partial charge in [-0.25, -0.2) is 9.37 Å². The van der Waals surface area contributed by atoms with Crippen LogP contribution >= 0.6 is 11.3 Å². The van der Waals surface area contributed by atoms with Crippen molar-refractivity contribution in [2.45, 2.75) is 19.4 Å². The third-order valence-corrected chi connectivity index (χ3v) is 3.15. The standard InChI is InChI=1S/C12H13FN2S/c1-12(2,14)10-7-16-11(15-10)8-3-5-9(13)6-4-8/h3-7H,14H2,1-2H3. The maximum atomic E-state index is 12.8. The SMILES string of the molecule is CC(C)(N)c1csc(-c2ccc(F)cc2)n1.